The van der Waals surface area contributed by atoms with Gasteiger partial charge in [-0.05, 0) is 62.8 Å². The van der Waals surface area contributed by atoms with Crippen molar-refractivity contribution in [1.29, 1.82) is 5.26 Å². The van der Waals surface area contributed by atoms with E-state index in [0.717, 1.165) is 64.0 Å². The van der Waals surface area contributed by atoms with Crippen LogP contribution in [0.2, 0.25) is 0 Å². The second kappa shape index (κ2) is 12.6. The average Bonchev–Trinajstić information content (AvgIpc) is 3.22. The van der Waals surface area contributed by atoms with Crippen molar-refractivity contribution in [3.8, 4) is 6.07 Å². The minimum absolute atomic E-state index is 0.0271. The zero-order valence-corrected chi connectivity index (χ0v) is 22.3. The fourth-order valence-corrected chi connectivity index (χ4v) is 6.43. The third-order valence-electron chi connectivity index (χ3n) is 7.30. The fourth-order valence-electron chi connectivity index (χ4n) is 5.57. The summed E-state index contributed by atoms with van der Waals surface area (Å²) < 4.78 is 13.3. The summed E-state index contributed by atoms with van der Waals surface area (Å²) in [5, 5.41) is 15.6. The lowest BCUT2D eigenvalue weighted by Crippen LogP contribution is -2.55. The summed E-state index contributed by atoms with van der Waals surface area (Å²) in [4.78, 5) is 34.1. The molecule has 2 fully saturated rings. The van der Waals surface area contributed by atoms with E-state index in [1.54, 1.807) is 6.92 Å². The van der Waals surface area contributed by atoms with Crippen molar-refractivity contribution in [1.82, 2.24) is 20.1 Å². The van der Waals surface area contributed by atoms with E-state index in [0.29, 0.717) is 28.2 Å². The van der Waals surface area contributed by atoms with E-state index in [1.807, 2.05) is 12.1 Å². The number of aryl methyl sites for hydroxylation is 1. The Kier molecular flexibility index (Phi) is 9.24. The molecule has 3 heterocycles. The van der Waals surface area contributed by atoms with Crippen molar-refractivity contribution < 1.29 is 14.0 Å². The number of Topliss-reactive ketones (excluding diaryl/α,β-unsaturated/α-hetero) is 1. The number of amides is 2. The summed E-state index contributed by atoms with van der Waals surface area (Å²) in [7, 11) is 0. The largest absolute Gasteiger partial charge is 0.335 e. The van der Waals surface area contributed by atoms with Crippen molar-refractivity contribution in [2.45, 2.75) is 45.6 Å². The molecular weight excluding hydrogens is 491 g/mol. The van der Waals surface area contributed by atoms with Crippen molar-refractivity contribution in [2.75, 3.05) is 44.6 Å². The van der Waals surface area contributed by atoms with Crippen molar-refractivity contribution in [2.24, 2.45) is 11.8 Å². The average molecular weight is 527 g/mol. The van der Waals surface area contributed by atoms with E-state index < -0.39 is 0 Å². The molecule has 198 valence electrons. The monoisotopic (exact) mass is 526 g/mol. The molecule has 3 atom stereocenters. The molecule has 0 aliphatic carbocycles. The predicted molar refractivity (Wildman–Crippen MR) is 142 cm³/mol. The Morgan fingerprint density at radius 1 is 1.19 bits per heavy atom. The molecule has 0 saturated carbocycles. The number of likely N-dealkylation sites (tertiary alicyclic amines) is 2. The Morgan fingerprint density at radius 2 is 1.97 bits per heavy atom. The molecule has 4 rings (SSSR count). The van der Waals surface area contributed by atoms with Crippen LogP contribution in [-0.4, -0.2) is 71.9 Å². The zero-order chi connectivity index (χ0) is 26.4. The van der Waals surface area contributed by atoms with Gasteiger partial charge in [0.1, 0.15) is 5.82 Å². The predicted octanol–water partition coefficient (Wildman–Crippen LogP) is 4.08. The maximum absolute atomic E-state index is 13.3. The van der Waals surface area contributed by atoms with Gasteiger partial charge in [0, 0.05) is 45.1 Å². The number of hydrogen-bond acceptors (Lipinski definition) is 7. The first-order valence-corrected chi connectivity index (χ1v) is 13.7. The van der Waals surface area contributed by atoms with Crippen LogP contribution >= 0.6 is 11.3 Å². The molecule has 2 aliphatic rings. The second-order valence-electron chi connectivity index (χ2n) is 10.2. The quantitative estimate of drug-likeness (QED) is 0.397. The highest BCUT2D eigenvalue weighted by atomic mass is 32.1. The number of halogens is 1. The number of nitrogens with zero attached hydrogens (tertiary/aromatic N) is 4. The maximum atomic E-state index is 13.3. The summed E-state index contributed by atoms with van der Waals surface area (Å²) in [6.45, 7) is 7.98. The van der Waals surface area contributed by atoms with Gasteiger partial charge in [0.05, 0.1) is 23.2 Å². The van der Waals surface area contributed by atoms with E-state index >= 15 is 0 Å². The van der Waals surface area contributed by atoms with E-state index in [1.165, 1.54) is 30.4 Å². The molecule has 8 nitrogen and oxygen atoms in total. The Bertz CT molecular complexity index is 1130. The number of urea groups is 1. The van der Waals surface area contributed by atoms with Gasteiger partial charge in [-0.1, -0.05) is 23.5 Å². The summed E-state index contributed by atoms with van der Waals surface area (Å²) in [5.74, 6) is 0.423. The standard InChI is InChI=1S/C27H35FN6O2S/c1-18-25(19(2)35)37-27(30-18)32-26(36)31-24-9-12-33(13-10-29)16-22(24)17-34-11-3-4-21(15-34)14-20-5-7-23(28)8-6-20/h5-8,21-22,24H,3-4,9,11-17H2,1-2H3,(H2,30,31,32,36)/t21?,22-,24+/m0/s1. The van der Waals surface area contributed by atoms with Crippen LogP contribution in [0.15, 0.2) is 24.3 Å². The van der Waals surface area contributed by atoms with Crippen LogP contribution in [-0.2, 0) is 6.42 Å². The SMILES string of the molecule is CC(=O)c1sc(NC(=O)N[C@@H]2CCN(CC#N)C[C@H]2CN2CCCC(Cc3ccc(F)cc3)C2)nc1C. The molecule has 2 aliphatic heterocycles. The van der Waals surface area contributed by atoms with Gasteiger partial charge in [-0.2, -0.15) is 5.26 Å². The van der Waals surface area contributed by atoms with Crippen LogP contribution < -0.4 is 10.6 Å². The highest BCUT2D eigenvalue weighted by molar-refractivity contribution is 7.17. The molecule has 0 bridgehead atoms. The molecule has 0 radical (unpaired) electrons. The summed E-state index contributed by atoms with van der Waals surface area (Å²) in [5.41, 5.74) is 1.78. The van der Waals surface area contributed by atoms with E-state index in [-0.39, 0.29) is 29.6 Å². The number of carbonyl (C=O) groups excluding carboxylic acids is 2. The molecule has 2 aromatic rings. The molecule has 1 aromatic carbocycles. The Morgan fingerprint density at radius 3 is 2.68 bits per heavy atom. The van der Waals surface area contributed by atoms with Gasteiger partial charge in [-0.25, -0.2) is 14.2 Å². The first-order chi connectivity index (χ1) is 17.8. The first-order valence-electron chi connectivity index (χ1n) is 12.9. The molecule has 1 unspecified atom stereocenters. The summed E-state index contributed by atoms with van der Waals surface area (Å²) >= 11 is 1.19. The van der Waals surface area contributed by atoms with E-state index in [4.69, 9.17) is 0 Å². The molecule has 2 N–H and O–H groups in total. The number of nitriles is 1. The van der Waals surface area contributed by atoms with Gasteiger partial charge in [0.25, 0.3) is 0 Å². The Balaban J connectivity index is 1.37. The number of nitrogens with one attached hydrogen (secondary N) is 2. The Labute approximate surface area is 221 Å². The third kappa shape index (κ3) is 7.57. The highest BCUT2D eigenvalue weighted by Crippen LogP contribution is 2.26. The lowest BCUT2D eigenvalue weighted by Gasteiger charge is -2.42. The molecule has 10 heteroatoms. The van der Waals surface area contributed by atoms with Gasteiger partial charge < -0.3 is 10.2 Å². The first kappa shape index (κ1) is 27.2. The second-order valence-corrected chi connectivity index (χ2v) is 11.2. The van der Waals surface area contributed by atoms with Crippen LogP contribution in [0.25, 0.3) is 0 Å². The molecular formula is C27H35FN6O2S. The number of carbonyl (C=O) groups is 2. The smallest absolute Gasteiger partial charge is 0.321 e. The van der Waals surface area contributed by atoms with Gasteiger partial charge in [-0.15, -0.1) is 0 Å². The van der Waals surface area contributed by atoms with Gasteiger partial charge >= 0.3 is 6.03 Å². The van der Waals surface area contributed by atoms with Crippen LogP contribution in [0.4, 0.5) is 14.3 Å². The number of benzene rings is 1. The number of thiazole rings is 1. The maximum Gasteiger partial charge on any atom is 0.321 e. The molecule has 0 spiro atoms. The minimum Gasteiger partial charge on any atom is -0.335 e. The van der Waals surface area contributed by atoms with Crippen LogP contribution in [0.3, 0.4) is 0 Å². The third-order valence-corrected chi connectivity index (χ3v) is 8.47. The molecule has 2 saturated heterocycles. The van der Waals surface area contributed by atoms with Crippen molar-refractivity contribution >= 4 is 28.3 Å². The zero-order valence-electron chi connectivity index (χ0n) is 21.5. The van der Waals surface area contributed by atoms with Gasteiger partial charge in [-0.3, -0.25) is 15.0 Å². The topological polar surface area (TPSA) is 101 Å². The van der Waals surface area contributed by atoms with Crippen LogP contribution in [0.1, 0.15) is 47.1 Å². The summed E-state index contributed by atoms with van der Waals surface area (Å²) in [6, 6.07) is 8.70. The molecule has 2 amide bonds. The molecule has 37 heavy (non-hydrogen) atoms. The summed E-state index contributed by atoms with van der Waals surface area (Å²) in [6.07, 6.45) is 3.96. The number of aromatic nitrogens is 1. The van der Waals surface area contributed by atoms with Crippen LogP contribution in [0, 0.1) is 35.9 Å². The fraction of sp³-hybridized carbons (Fsp3) is 0.556. The molecule has 1 aromatic heterocycles. The number of piperidine rings is 2. The van der Waals surface area contributed by atoms with Gasteiger partial charge in [0.2, 0.25) is 0 Å². The number of rotatable bonds is 8. The minimum atomic E-state index is -0.319. The van der Waals surface area contributed by atoms with E-state index in [9.17, 15) is 19.2 Å². The van der Waals surface area contributed by atoms with Crippen LogP contribution in [0.5, 0.6) is 0 Å². The van der Waals surface area contributed by atoms with Gasteiger partial charge in [0.15, 0.2) is 10.9 Å². The van der Waals surface area contributed by atoms with E-state index in [2.05, 4.69) is 31.5 Å². The van der Waals surface area contributed by atoms with Crippen molar-refractivity contribution in [3.63, 3.8) is 0 Å². The number of ketones is 1. The number of anilines is 1. The highest BCUT2D eigenvalue weighted by Gasteiger charge is 2.33. The normalized spacial score (nSPS) is 22.8. The number of hydrogen-bond donors (Lipinski definition) is 2. The van der Waals surface area contributed by atoms with Crippen molar-refractivity contribution in [3.05, 3.63) is 46.2 Å². The Hall–Kier alpha value is -2.87. The lowest BCUT2D eigenvalue weighted by molar-refractivity contribution is 0.0908. The lowest BCUT2D eigenvalue weighted by atomic mass is 9.88.